The number of hydrogen-bond acceptors (Lipinski definition) is 4. The van der Waals surface area contributed by atoms with Gasteiger partial charge in [-0.3, -0.25) is 9.59 Å². The van der Waals surface area contributed by atoms with Crippen molar-refractivity contribution in [2.24, 2.45) is 7.05 Å². The Morgan fingerprint density at radius 1 is 1.17 bits per heavy atom. The van der Waals surface area contributed by atoms with Crippen LogP contribution in [0.3, 0.4) is 0 Å². The lowest BCUT2D eigenvalue weighted by molar-refractivity contribution is 0.0962. The second-order valence-electron chi connectivity index (χ2n) is 5.35. The zero-order valence-electron chi connectivity index (χ0n) is 14.0. The highest BCUT2D eigenvalue weighted by molar-refractivity contribution is 7.89. The minimum absolute atomic E-state index is 0.00508. The van der Waals surface area contributed by atoms with Gasteiger partial charge in [0.05, 0.1) is 17.1 Å². The van der Waals surface area contributed by atoms with E-state index in [1.165, 1.54) is 22.6 Å². The second-order valence-corrected chi connectivity index (χ2v) is 7.29. The summed E-state index contributed by atoms with van der Waals surface area (Å²) in [7, 11) is -1.95. The molecule has 130 valence electrons. The Labute approximate surface area is 141 Å². The number of sulfonamides is 1. The molecule has 2 aromatic heterocycles. The number of pyridine rings is 1. The number of aryl methyl sites for hydroxylation is 1. The fourth-order valence-corrected chi connectivity index (χ4v) is 3.96. The highest BCUT2D eigenvalue weighted by Crippen LogP contribution is 2.14. The first kappa shape index (κ1) is 18.2. The third kappa shape index (κ3) is 3.49. The minimum Gasteiger partial charge on any atom is -0.348 e. The molecule has 0 aliphatic heterocycles. The first-order valence-corrected chi connectivity index (χ1v) is 9.10. The summed E-state index contributed by atoms with van der Waals surface area (Å²) in [6.07, 6.45) is 2.97. The lowest BCUT2D eigenvalue weighted by Crippen LogP contribution is -2.32. The number of Topliss-reactive ketones (excluding diaryl/α,β-unsaturated/α-hetero) is 1. The van der Waals surface area contributed by atoms with Gasteiger partial charge < -0.3 is 9.13 Å². The van der Waals surface area contributed by atoms with E-state index >= 15 is 0 Å². The topological polar surface area (TPSA) is 81.4 Å². The second kappa shape index (κ2) is 7.14. The molecule has 0 spiro atoms. The molecule has 24 heavy (non-hydrogen) atoms. The Morgan fingerprint density at radius 3 is 2.38 bits per heavy atom. The van der Waals surface area contributed by atoms with Crippen molar-refractivity contribution in [3.05, 3.63) is 52.7 Å². The summed E-state index contributed by atoms with van der Waals surface area (Å²) in [4.78, 5) is 24.3. The fourth-order valence-electron chi connectivity index (χ4n) is 2.48. The first-order chi connectivity index (χ1) is 11.3. The molecule has 0 aliphatic carbocycles. The van der Waals surface area contributed by atoms with E-state index in [4.69, 9.17) is 0 Å². The molecule has 0 bridgehead atoms. The number of rotatable bonds is 7. The number of carbonyl (C=O) groups is 1. The monoisotopic (exact) mass is 351 g/mol. The maximum Gasteiger partial charge on any atom is 0.251 e. The molecule has 8 heteroatoms. The van der Waals surface area contributed by atoms with Crippen molar-refractivity contribution in [2.45, 2.75) is 25.3 Å². The van der Waals surface area contributed by atoms with Gasteiger partial charge in [-0.25, -0.2) is 8.42 Å². The van der Waals surface area contributed by atoms with E-state index in [-0.39, 0.29) is 17.2 Å². The van der Waals surface area contributed by atoms with Crippen molar-refractivity contribution >= 4 is 15.8 Å². The highest BCUT2D eigenvalue weighted by atomic mass is 32.2. The molecule has 0 amide bonds. The third-order valence-corrected chi connectivity index (χ3v) is 5.88. The lowest BCUT2D eigenvalue weighted by atomic mass is 10.3. The average Bonchev–Trinajstić information content (AvgIpc) is 2.96. The standard InChI is InChI=1S/C16H21N3O4S/c1-4-19(5-2)24(22,23)13-8-9-16(21)18(11-13)12-15(20)14-7-6-10-17(14)3/h6-11H,4-5,12H2,1-3H3. The predicted octanol–water partition coefficient (Wildman–Crippen LogP) is 1.10. The summed E-state index contributed by atoms with van der Waals surface area (Å²) in [5, 5.41) is 0. The molecule has 0 saturated heterocycles. The zero-order chi connectivity index (χ0) is 17.9. The Hall–Kier alpha value is -2.19. The number of aromatic nitrogens is 2. The van der Waals surface area contributed by atoms with Crippen LogP contribution in [0.15, 0.2) is 46.3 Å². The van der Waals surface area contributed by atoms with Gasteiger partial charge >= 0.3 is 0 Å². The van der Waals surface area contributed by atoms with Crippen LogP contribution in [0.4, 0.5) is 0 Å². The molecule has 2 rings (SSSR count). The molecule has 0 fully saturated rings. The molecule has 0 aromatic carbocycles. The Balaban J connectivity index is 2.38. The van der Waals surface area contributed by atoms with Gasteiger partial charge in [-0.15, -0.1) is 0 Å². The van der Waals surface area contributed by atoms with Gasteiger partial charge in [0.25, 0.3) is 5.56 Å². The van der Waals surface area contributed by atoms with Crippen LogP contribution in [0, 0.1) is 0 Å². The van der Waals surface area contributed by atoms with Crippen molar-refractivity contribution in [3.8, 4) is 0 Å². The van der Waals surface area contributed by atoms with E-state index in [2.05, 4.69) is 0 Å². The molecular weight excluding hydrogens is 330 g/mol. The molecule has 7 nitrogen and oxygen atoms in total. The van der Waals surface area contributed by atoms with Crippen molar-refractivity contribution in [1.82, 2.24) is 13.4 Å². The van der Waals surface area contributed by atoms with Gasteiger partial charge in [0, 0.05) is 38.6 Å². The van der Waals surface area contributed by atoms with Crippen LogP contribution in [0.5, 0.6) is 0 Å². The van der Waals surface area contributed by atoms with Crippen LogP contribution >= 0.6 is 0 Å². The van der Waals surface area contributed by atoms with Crippen LogP contribution < -0.4 is 5.56 Å². The van der Waals surface area contributed by atoms with Gasteiger partial charge in [-0.1, -0.05) is 13.8 Å². The number of hydrogen-bond donors (Lipinski definition) is 0. The predicted molar refractivity (Wildman–Crippen MR) is 90.6 cm³/mol. The molecule has 0 atom stereocenters. The third-order valence-electron chi connectivity index (χ3n) is 3.84. The summed E-state index contributed by atoms with van der Waals surface area (Å²) in [5.41, 5.74) is 0.0370. The van der Waals surface area contributed by atoms with Gasteiger partial charge in [-0.2, -0.15) is 4.31 Å². The van der Waals surface area contributed by atoms with Crippen LogP contribution in [0.2, 0.25) is 0 Å². The van der Waals surface area contributed by atoms with Crippen LogP contribution in [-0.2, 0) is 23.6 Å². The maximum atomic E-state index is 12.5. The molecule has 0 N–H and O–H groups in total. The number of carbonyl (C=O) groups excluding carboxylic acids is 1. The summed E-state index contributed by atoms with van der Waals surface area (Å²) < 4.78 is 29.2. The van der Waals surface area contributed by atoms with Crippen molar-refractivity contribution in [3.63, 3.8) is 0 Å². The average molecular weight is 351 g/mol. The molecule has 0 unspecified atom stereocenters. The van der Waals surface area contributed by atoms with Crippen LogP contribution in [0.25, 0.3) is 0 Å². The molecule has 0 radical (unpaired) electrons. The normalized spacial score (nSPS) is 11.8. The Kier molecular flexibility index (Phi) is 5.40. The van der Waals surface area contributed by atoms with Gasteiger partial charge in [-0.05, 0) is 18.2 Å². The largest absolute Gasteiger partial charge is 0.348 e. The van der Waals surface area contributed by atoms with E-state index in [9.17, 15) is 18.0 Å². The summed E-state index contributed by atoms with van der Waals surface area (Å²) in [5.74, 6) is -0.262. The van der Waals surface area contributed by atoms with Gasteiger partial charge in [0.2, 0.25) is 10.0 Å². The number of nitrogens with zero attached hydrogens (tertiary/aromatic N) is 3. The van der Waals surface area contributed by atoms with E-state index in [0.29, 0.717) is 18.8 Å². The van der Waals surface area contributed by atoms with Crippen LogP contribution in [-0.4, -0.2) is 40.7 Å². The molecule has 0 aliphatic rings. The van der Waals surface area contributed by atoms with E-state index in [1.54, 1.807) is 43.8 Å². The number of ketones is 1. The van der Waals surface area contributed by atoms with E-state index < -0.39 is 15.6 Å². The van der Waals surface area contributed by atoms with Crippen molar-refractivity contribution in [1.29, 1.82) is 0 Å². The summed E-state index contributed by atoms with van der Waals surface area (Å²) >= 11 is 0. The molecule has 2 heterocycles. The molecule has 0 saturated carbocycles. The Morgan fingerprint density at radius 2 is 1.83 bits per heavy atom. The zero-order valence-corrected chi connectivity index (χ0v) is 14.8. The van der Waals surface area contributed by atoms with Gasteiger partial charge in [0.15, 0.2) is 5.78 Å². The van der Waals surface area contributed by atoms with E-state index in [0.717, 1.165) is 4.57 Å². The smallest absolute Gasteiger partial charge is 0.251 e. The van der Waals surface area contributed by atoms with Gasteiger partial charge in [0.1, 0.15) is 0 Å². The summed E-state index contributed by atoms with van der Waals surface area (Å²) in [6, 6.07) is 5.84. The van der Waals surface area contributed by atoms with Crippen LogP contribution in [0.1, 0.15) is 24.3 Å². The quantitative estimate of drug-likeness (QED) is 0.700. The molecular formula is C16H21N3O4S. The fraction of sp³-hybridized carbons (Fsp3) is 0.375. The SMILES string of the molecule is CCN(CC)S(=O)(=O)c1ccc(=O)n(CC(=O)c2cccn2C)c1. The Bertz CT molecular complexity index is 892. The minimum atomic E-state index is -3.68. The highest BCUT2D eigenvalue weighted by Gasteiger charge is 2.22. The van der Waals surface area contributed by atoms with Crippen molar-refractivity contribution in [2.75, 3.05) is 13.1 Å². The summed E-state index contributed by atoms with van der Waals surface area (Å²) in [6.45, 7) is 3.95. The first-order valence-electron chi connectivity index (χ1n) is 7.66. The lowest BCUT2D eigenvalue weighted by Gasteiger charge is -2.19. The molecule has 2 aromatic rings. The van der Waals surface area contributed by atoms with E-state index in [1.807, 2.05) is 0 Å². The van der Waals surface area contributed by atoms with Crippen molar-refractivity contribution < 1.29 is 13.2 Å². The maximum absolute atomic E-state index is 12.5.